The van der Waals surface area contributed by atoms with Gasteiger partial charge in [-0.3, -0.25) is 0 Å². The molecule has 2 aliphatic rings. The van der Waals surface area contributed by atoms with E-state index >= 15 is 0 Å². The molecule has 0 atom stereocenters. The van der Waals surface area contributed by atoms with E-state index in [4.69, 9.17) is 10.2 Å². The van der Waals surface area contributed by atoms with Crippen molar-refractivity contribution in [1.82, 2.24) is 0 Å². The van der Waals surface area contributed by atoms with E-state index in [1.54, 1.807) is 12.1 Å². The molecule has 2 aromatic carbocycles. The summed E-state index contributed by atoms with van der Waals surface area (Å²) in [6.07, 6.45) is 7.72. The number of carboxylic acids is 1. The van der Waals surface area contributed by atoms with Gasteiger partial charge in [0.2, 0.25) is 0 Å². The standard InChI is InChI=1S/C12H13IO2.C11H11IO2.CH4O.Na.H2O/c1-15-12(14)9-5-6-10(11(13)7-9)8-3-2-4-8;12-10-6-8(11(13)14)4-5-9(10)7-2-1-3-7;1-2;;/h5-8H,2-4H2,1H3;4-7H,1-3H2,(H,13,14);2H,1H3;;1H2/q;;;+1;/p-1. The molecule has 2 aromatic rings. The first-order valence-corrected chi connectivity index (χ1v) is 12.4. The van der Waals surface area contributed by atoms with E-state index < -0.39 is 5.97 Å². The zero-order valence-corrected chi connectivity index (χ0v) is 25.5. The Bertz CT molecular complexity index is 914. The van der Waals surface area contributed by atoms with E-state index in [1.807, 2.05) is 18.2 Å². The van der Waals surface area contributed by atoms with E-state index in [0.717, 1.165) is 10.7 Å². The van der Waals surface area contributed by atoms with Crippen LogP contribution in [-0.2, 0) is 4.74 Å². The number of ether oxygens (including phenoxy) is 1. The van der Waals surface area contributed by atoms with Gasteiger partial charge in [0.25, 0.3) is 0 Å². The Morgan fingerprint density at radius 2 is 1.24 bits per heavy atom. The van der Waals surface area contributed by atoms with Crippen molar-refractivity contribution in [3.8, 4) is 0 Å². The van der Waals surface area contributed by atoms with Crippen LogP contribution >= 0.6 is 45.2 Å². The summed E-state index contributed by atoms with van der Waals surface area (Å²) in [5, 5.41) is 15.8. The fraction of sp³-hybridized carbons (Fsp3) is 0.417. The van der Waals surface area contributed by atoms with Crippen molar-refractivity contribution in [2.75, 3.05) is 14.2 Å². The topological polar surface area (TPSA) is 114 Å². The molecule has 2 aliphatic carbocycles. The van der Waals surface area contributed by atoms with Crippen LogP contribution in [0, 0.1) is 7.14 Å². The van der Waals surface area contributed by atoms with Crippen LogP contribution < -0.4 is 29.6 Å². The van der Waals surface area contributed by atoms with Gasteiger partial charge in [-0.25, -0.2) is 9.59 Å². The maximum atomic E-state index is 11.3. The van der Waals surface area contributed by atoms with Gasteiger partial charge in [-0.05, 0) is 118 Å². The molecule has 0 unspecified atom stereocenters. The molecule has 4 rings (SSSR count). The van der Waals surface area contributed by atoms with Crippen LogP contribution in [0.15, 0.2) is 36.4 Å². The van der Waals surface area contributed by atoms with Gasteiger partial charge < -0.3 is 20.4 Å². The minimum atomic E-state index is -0.844. The number of aliphatic hydroxyl groups excluding tert-OH is 1. The number of carbonyl (C=O) groups excluding carboxylic acids is 1. The molecule has 176 valence electrons. The van der Waals surface area contributed by atoms with Crippen LogP contribution in [0.25, 0.3) is 0 Å². The maximum absolute atomic E-state index is 11.3. The van der Waals surface area contributed by atoms with Gasteiger partial charge in [0.05, 0.1) is 18.2 Å². The molecule has 0 radical (unpaired) electrons. The summed E-state index contributed by atoms with van der Waals surface area (Å²) in [5.74, 6) is 0.282. The normalized spacial score (nSPS) is 14.3. The Morgan fingerprint density at radius 1 is 0.848 bits per heavy atom. The molecule has 0 aliphatic heterocycles. The Balaban J connectivity index is 0.000000547. The molecule has 0 bridgehead atoms. The summed E-state index contributed by atoms with van der Waals surface area (Å²) in [6, 6.07) is 11.3. The number of aliphatic hydroxyl groups is 1. The van der Waals surface area contributed by atoms with Gasteiger partial charge in [0.15, 0.2) is 0 Å². The number of esters is 1. The fourth-order valence-electron chi connectivity index (χ4n) is 3.53. The van der Waals surface area contributed by atoms with Crippen molar-refractivity contribution < 1.29 is 59.6 Å². The predicted molar refractivity (Wildman–Crippen MR) is 140 cm³/mol. The zero-order chi connectivity index (χ0) is 23.0. The number of benzene rings is 2. The average molecular weight is 690 g/mol. The quantitative estimate of drug-likeness (QED) is 0.290. The summed E-state index contributed by atoms with van der Waals surface area (Å²) in [7, 11) is 2.41. The number of aromatic carboxylic acids is 1. The molecule has 0 saturated heterocycles. The van der Waals surface area contributed by atoms with Gasteiger partial charge >= 0.3 is 41.5 Å². The van der Waals surface area contributed by atoms with E-state index in [1.165, 1.54) is 60.3 Å². The molecule has 2 fully saturated rings. The maximum Gasteiger partial charge on any atom is 1.00 e. The summed E-state index contributed by atoms with van der Waals surface area (Å²) >= 11 is 4.53. The molecule has 0 aromatic heterocycles. The van der Waals surface area contributed by atoms with Gasteiger partial charge in [-0.1, -0.05) is 25.0 Å². The van der Waals surface area contributed by atoms with Gasteiger partial charge in [0, 0.05) is 14.3 Å². The molecule has 33 heavy (non-hydrogen) atoms. The first-order chi connectivity index (χ1) is 14.9. The minimum absolute atomic E-state index is 0. The van der Waals surface area contributed by atoms with Crippen molar-refractivity contribution in [1.29, 1.82) is 0 Å². The van der Waals surface area contributed by atoms with Crippen LogP contribution in [0.2, 0.25) is 0 Å². The number of rotatable bonds is 4. The molecular weight excluding hydrogens is 661 g/mol. The van der Waals surface area contributed by atoms with Crippen LogP contribution in [-0.4, -0.2) is 41.8 Å². The van der Waals surface area contributed by atoms with Crippen LogP contribution in [0.5, 0.6) is 0 Å². The van der Waals surface area contributed by atoms with E-state index in [2.05, 4.69) is 56.0 Å². The summed E-state index contributed by atoms with van der Waals surface area (Å²) < 4.78 is 6.96. The van der Waals surface area contributed by atoms with Crippen molar-refractivity contribution >= 4 is 57.1 Å². The van der Waals surface area contributed by atoms with E-state index in [0.29, 0.717) is 23.0 Å². The Kier molecular flexibility index (Phi) is 16.3. The third-order valence-corrected chi connectivity index (χ3v) is 7.63. The largest absolute Gasteiger partial charge is 1.00 e. The second kappa shape index (κ2) is 16.4. The third-order valence-electron chi connectivity index (χ3n) is 5.76. The Morgan fingerprint density at radius 3 is 1.55 bits per heavy atom. The predicted octanol–water partition coefficient (Wildman–Crippen LogP) is 3.04. The van der Waals surface area contributed by atoms with Crippen LogP contribution in [0.3, 0.4) is 0 Å². The smallest absolute Gasteiger partial charge is 0.870 e. The Labute approximate surface area is 244 Å². The molecule has 0 amide bonds. The van der Waals surface area contributed by atoms with Crippen molar-refractivity contribution in [3.63, 3.8) is 0 Å². The molecule has 2 saturated carbocycles. The first kappa shape index (κ1) is 32.8. The zero-order valence-electron chi connectivity index (χ0n) is 19.2. The van der Waals surface area contributed by atoms with E-state index in [9.17, 15) is 9.59 Å². The molecule has 9 heteroatoms. The number of carbonyl (C=O) groups is 2. The number of halogens is 2. The molecule has 3 N–H and O–H groups in total. The fourth-order valence-corrected chi connectivity index (χ4v) is 5.44. The number of hydrogen-bond acceptors (Lipinski definition) is 5. The van der Waals surface area contributed by atoms with Crippen LogP contribution in [0.4, 0.5) is 0 Å². The van der Waals surface area contributed by atoms with Gasteiger partial charge in [-0.2, -0.15) is 0 Å². The third kappa shape index (κ3) is 9.05. The number of carboxylic acid groups (broad SMARTS) is 1. The number of hydrogen-bond donors (Lipinski definition) is 2. The monoisotopic (exact) mass is 690 g/mol. The van der Waals surface area contributed by atoms with Crippen molar-refractivity contribution in [2.45, 2.75) is 50.4 Å². The minimum Gasteiger partial charge on any atom is -0.870 e. The van der Waals surface area contributed by atoms with E-state index in [-0.39, 0.29) is 41.0 Å². The van der Waals surface area contributed by atoms with Crippen molar-refractivity contribution in [3.05, 3.63) is 65.8 Å². The summed E-state index contributed by atoms with van der Waals surface area (Å²) in [4.78, 5) is 22.0. The van der Waals surface area contributed by atoms with Gasteiger partial charge in [0.1, 0.15) is 0 Å². The molecule has 0 heterocycles. The summed E-state index contributed by atoms with van der Waals surface area (Å²) in [6.45, 7) is 0. The molecule has 6 nitrogen and oxygen atoms in total. The Hall–Kier alpha value is -0.240. The van der Waals surface area contributed by atoms with Gasteiger partial charge in [-0.15, -0.1) is 0 Å². The summed E-state index contributed by atoms with van der Waals surface area (Å²) in [5.41, 5.74) is 3.74. The van der Waals surface area contributed by atoms with Crippen molar-refractivity contribution in [2.24, 2.45) is 0 Å². The second-order valence-electron chi connectivity index (χ2n) is 7.52. The molecular formula is C24H29I2NaO6. The SMILES string of the molecule is CO.COC(=O)c1ccc(C2CCC2)c(I)c1.O=C(O)c1ccc(C2CCC2)c(I)c1.[Na+].[OH-]. The molecule has 0 spiro atoms. The average Bonchev–Trinajstić information content (AvgIpc) is 2.69. The first-order valence-electron chi connectivity index (χ1n) is 10.3. The van der Waals surface area contributed by atoms with Crippen LogP contribution in [0.1, 0.15) is 82.2 Å². The number of methoxy groups -OCH3 is 1. The second-order valence-corrected chi connectivity index (χ2v) is 9.85.